The first-order chi connectivity index (χ1) is 8.02. The molecule has 1 heterocycles. The van der Waals surface area contributed by atoms with Gasteiger partial charge in [-0.2, -0.15) is 11.8 Å². The normalized spacial score (nSPS) is 12.2. The van der Waals surface area contributed by atoms with Crippen LogP contribution in [0.1, 0.15) is 17.7 Å². The number of anilines is 1. The number of amides is 1. The second-order valence-electron chi connectivity index (χ2n) is 4.05. The molecule has 1 atom stereocenters. The van der Waals surface area contributed by atoms with Gasteiger partial charge in [-0.05, 0) is 50.0 Å². The number of nitrogens with zero attached hydrogens (tertiary/aromatic N) is 1. The molecular weight excluding hydrogens is 234 g/mol. The molecule has 5 heteroatoms. The van der Waals surface area contributed by atoms with Crippen LogP contribution in [0.4, 0.5) is 5.82 Å². The summed E-state index contributed by atoms with van der Waals surface area (Å²) in [5.41, 5.74) is 7.74. The Morgan fingerprint density at radius 2 is 2.24 bits per heavy atom. The van der Waals surface area contributed by atoms with E-state index in [-0.39, 0.29) is 5.91 Å². The Hall–Kier alpha value is -1.07. The Morgan fingerprint density at radius 3 is 2.82 bits per heavy atom. The number of aryl methyl sites for hydroxylation is 2. The average Bonchev–Trinajstić information content (AvgIpc) is 2.24. The van der Waals surface area contributed by atoms with Crippen molar-refractivity contribution in [3.8, 4) is 0 Å². The van der Waals surface area contributed by atoms with Crippen LogP contribution in [0.15, 0.2) is 12.1 Å². The van der Waals surface area contributed by atoms with Gasteiger partial charge in [-0.25, -0.2) is 4.98 Å². The molecular formula is C12H19N3OS. The van der Waals surface area contributed by atoms with E-state index in [9.17, 15) is 4.79 Å². The first-order valence-electron chi connectivity index (χ1n) is 5.53. The molecule has 0 saturated carbocycles. The molecule has 0 aliphatic heterocycles. The summed E-state index contributed by atoms with van der Waals surface area (Å²) in [5.74, 6) is 1.29. The lowest BCUT2D eigenvalue weighted by Crippen LogP contribution is -2.36. The fourth-order valence-electron chi connectivity index (χ4n) is 1.50. The molecule has 1 amide bonds. The third-order valence-corrected chi connectivity index (χ3v) is 2.96. The summed E-state index contributed by atoms with van der Waals surface area (Å²) < 4.78 is 0. The SMILES string of the molecule is CSCC[C@@H](N)C(=O)Nc1cc(C)cc(C)n1. The summed E-state index contributed by atoms with van der Waals surface area (Å²) in [7, 11) is 0. The Labute approximate surface area is 106 Å². The van der Waals surface area contributed by atoms with Gasteiger partial charge in [-0.3, -0.25) is 4.79 Å². The molecule has 0 unspecified atom stereocenters. The maximum atomic E-state index is 11.8. The smallest absolute Gasteiger partial charge is 0.242 e. The van der Waals surface area contributed by atoms with Gasteiger partial charge in [-0.15, -0.1) is 0 Å². The second kappa shape index (κ2) is 6.61. The molecule has 0 aliphatic carbocycles. The van der Waals surface area contributed by atoms with Crippen LogP contribution in [0.2, 0.25) is 0 Å². The Balaban J connectivity index is 2.61. The Kier molecular flexibility index (Phi) is 5.44. The summed E-state index contributed by atoms with van der Waals surface area (Å²) in [5, 5.41) is 2.75. The summed E-state index contributed by atoms with van der Waals surface area (Å²) in [6, 6.07) is 3.33. The zero-order valence-electron chi connectivity index (χ0n) is 10.5. The Bertz CT molecular complexity index is 375. The van der Waals surface area contributed by atoms with Gasteiger partial charge in [0.25, 0.3) is 0 Å². The van der Waals surface area contributed by atoms with Gasteiger partial charge in [-0.1, -0.05) is 0 Å². The van der Waals surface area contributed by atoms with E-state index in [2.05, 4.69) is 10.3 Å². The van der Waals surface area contributed by atoms with E-state index in [1.165, 1.54) is 0 Å². The van der Waals surface area contributed by atoms with Crippen molar-refractivity contribution < 1.29 is 4.79 Å². The molecule has 1 aromatic heterocycles. The van der Waals surface area contributed by atoms with Gasteiger partial charge in [0.15, 0.2) is 0 Å². The highest BCUT2D eigenvalue weighted by Gasteiger charge is 2.13. The van der Waals surface area contributed by atoms with Gasteiger partial charge in [0.1, 0.15) is 5.82 Å². The lowest BCUT2D eigenvalue weighted by Gasteiger charge is -2.11. The quantitative estimate of drug-likeness (QED) is 0.838. The van der Waals surface area contributed by atoms with Crippen molar-refractivity contribution in [2.24, 2.45) is 5.73 Å². The lowest BCUT2D eigenvalue weighted by atomic mass is 10.2. The third kappa shape index (κ3) is 4.75. The van der Waals surface area contributed by atoms with Crippen molar-refractivity contribution in [1.82, 2.24) is 4.98 Å². The number of aromatic nitrogens is 1. The van der Waals surface area contributed by atoms with Crippen LogP contribution in [0, 0.1) is 13.8 Å². The minimum atomic E-state index is -0.468. The monoisotopic (exact) mass is 253 g/mol. The lowest BCUT2D eigenvalue weighted by molar-refractivity contribution is -0.117. The molecule has 0 fully saturated rings. The van der Waals surface area contributed by atoms with Crippen molar-refractivity contribution in [1.29, 1.82) is 0 Å². The van der Waals surface area contributed by atoms with Crippen molar-refractivity contribution in [3.05, 3.63) is 23.4 Å². The zero-order chi connectivity index (χ0) is 12.8. The third-order valence-electron chi connectivity index (χ3n) is 2.32. The van der Waals surface area contributed by atoms with Gasteiger partial charge >= 0.3 is 0 Å². The van der Waals surface area contributed by atoms with E-state index in [1.807, 2.05) is 32.2 Å². The highest BCUT2D eigenvalue weighted by atomic mass is 32.2. The maximum Gasteiger partial charge on any atom is 0.242 e. The standard InChI is InChI=1S/C12H19N3OS/c1-8-6-9(2)14-11(7-8)15-12(16)10(13)4-5-17-3/h6-7,10H,4-5,13H2,1-3H3,(H,14,15,16)/t10-/m1/s1. The van der Waals surface area contributed by atoms with Gasteiger partial charge in [0, 0.05) is 5.69 Å². The average molecular weight is 253 g/mol. The minimum absolute atomic E-state index is 0.170. The summed E-state index contributed by atoms with van der Waals surface area (Å²) in [6.07, 6.45) is 2.67. The van der Waals surface area contributed by atoms with Crippen molar-refractivity contribution in [2.75, 3.05) is 17.3 Å². The molecule has 4 nitrogen and oxygen atoms in total. The molecule has 0 radical (unpaired) electrons. The van der Waals surface area contributed by atoms with Crippen LogP contribution < -0.4 is 11.1 Å². The van der Waals surface area contributed by atoms with E-state index < -0.39 is 6.04 Å². The number of nitrogens with one attached hydrogen (secondary N) is 1. The Morgan fingerprint density at radius 1 is 1.53 bits per heavy atom. The van der Waals surface area contributed by atoms with Gasteiger partial charge < -0.3 is 11.1 Å². The van der Waals surface area contributed by atoms with E-state index in [0.29, 0.717) is 12.2 Å². The molecule has 0 saturated heterocycles. The maximum absolute atomic E-state index is 11.8. The summed E-state index contributed by atoms with van der Waals surface area (Å²) >= 11 is 1.68. The molecule has 0 aromatic carbocycles. The van der Waals surface area contributed by atoms with Crippen molar-refractivity contribution in [3.63, 3.8) is 0 Å². The summed E-state index contributed by atoms with van der Waals surface area (Å²) in [6.45, 7) is 3.87. The number of rotatable bonds is 5. The molecule has 17 heavy (non-hydrogen) atoms. The fourth-order valence-corrected chi connectivity index (χ4v) is 1.99. The number of carbonyl (C=O) groups excluding carboxylic acids is 1. The van der Waals surface area contributed by atoms with E-state index in [1.54, 1.807) is 11.8 Å². The van der Waals surface area contributed by atoms with Crippen LogP contribution in [-0.4, -0.2) is 28.9 Å². The topological polar surface area (TPSA) is 68.0 Å². The molecule has 1 aromatic rings. The first kappa shape index (κ1) is 14.0. The predicted octanol–water partition coefficient (Wildman–Crippen LogP) is 1.72. The van der Waals surface area contributed by atoms with Crippen LogP contribution in [0.5, 0.6) is 0 Å². The van der Waals surface area contributed by atoms with Crippen LogP contribution in [0.25, 0.3) is 0 Å². The predicted molar refractivity (Wildman–Crippen MR) is 73.3 cm³/mol. The van der Waals surface area contributed by atoms with E-state index >= 15 is 0 Å². The number of pyridine rings is 1. The van der Waals surface area contributed by atoms with Crippen LogP contribution in [-0.2, 0) is 4.79 Å². The van der Waals surface area contributed by atoms with Crippen molar-refractivity contribution >= 4 is 23.5 Å². The number of carbonyl (C=O) groups is 1. The molecule has 1 rings (SSSR count). The van der Waals surface area contributed by atoms with Gasteiger partial charge in [0.2, 0.25) is 5.91 Å². The van der Waals surface area contributed by atoms with Crippen LogP contribution in [0.3, 0.4) is 0 Å². The second-order valence-corrected chi connectivity index (χ2v) is 5.03. The van der Waals surface area contributed by atoms with Gasteiger partial charge in [0.05, 0.1) is 6.04 Å². The van der Waals surface area contributed by atoms with E-state index in [0.717, 1.165) is 17.0 Å². The fraction of sp³-hybridized carbons (Fsp3) is 0.500. The molecule has 94 valence electrons. The first-order valence-corrected chi connectivity index (χ1v) is 6.93. The zero-order valence-corrected chi connectivity index (χ0v) is 11.3. The highest BCUT2D eigenvalue weighted by Crippen LogP contribution is 2.09. The number of nitrogens with two attached hydrogens (primary N) is 1. The van der Waals surface area contributed by atoms with E-state index in [4.69, 9.17) is 5.73 Å². The largest absolute Gasteiger partial charge is 0.320 e. The highest BCUT2D eigenvalue weighted by molar-refractivity contribution is 7.98. The van der Waals surface area contributed by atoms with Crippen molar-refractivity contribution in [2.45, 2.75) is 26.3 Å². The molecule has 0 bridgehead atoms. The number of hydrogen-bond donors (Lipinski definition) is 2. The molecule has 0 aliphatic rings. The minimum Gasteiger partial charge on any atom is -0.320 e. The summed E-state index contributed by atoms with van der Waals surface area (Å²) in [4.78, 5) is 16.0. The number of hydrogen-bond acceptors (Lipinski definition) is 4. The number of thioether (sulfide) groups is 1. The molecule has 3 N–H and O–H groups in total. The molecule has 0 spiro atoms. The van der Waals surface area contributed by atoms with Crippen LogP contribution >= 0.6 is 11.8 Å².